The zero-order chi connectivity index (χ0) is 36.9. The molecule has 0 aliphatic heterocycles. The summed E-state index contributed by atoms with van der Waals surface area (Å²) < 4.78 is 0. The Morgan fingerprint density at radius 2 is 1.07 bits per heavy atom. The minimum absolute atomic E-state index is 0.0673. The molecule has 0 saturated heterocycles. The average Bonchev–Trinajstić information content (AvgIpc) is 3.85. The van der Waals surface area contributed by atoms with Gasteiger partial charge in [0.15, 0.2) is 0 Å². The van der Waals surface area contributed by atoms with Gasteiger partial charge < -0.3 is 4.90 Å². The molecule has 0 radical (unpaired) electrons. The Bertz CT molecular complexity index is 2520. The number of benzene rings is 6. The summed E-state index contributed by atoms with van der Waals surface area (Å²) in [4.78, 5) is 2.55. The van der Waals surface area contributed by atoms with Crippen LogP contribution in [-0.4, -0.2) is 0 Å². The lowest BCUT2D eigenvalue weighted by molar-refractivity contribution is -0.231. The summed E-state index contributed by atoms with van der Waals surface area (Å²) in [6.45, 7) is 9.79. The van der Waals surface area contributed by atoms with Crippen molar-refractivity contribution in [2.45, 2.75) is 82.5 Å². The van der Waals surface area contributed by atoms with E-state index in [4.69, 9.17) is 0 Å². The van der Waals surface area contributed by atoms with E-state index in [1.807, 2.05) is 0 Å². The summed E-state index contributed by atoms with van der Waals surface area (Å²) in [5, 5.41) is 0. The van der Waals surface area contributed by atoms with E-state index in [0.29, 0.717) is 5.41 Å². The summed E-state index contributed by atoms with van der Waals surface area (Å²) in [5.74, 6) is 3.55. The molecule has 4 saturated carbocycles. The van der Waals surface area contributed by atoms with Gasteiger partial charge in [0.1, 0.15) is 0 Å². The van der Waals surface area contributed by atoms with Gasteiger partial charge in [-0.25, -0.2) is 0 Å². The van der Waals surface area contributed by atoms with Crippen molar-refractivity contribution in [1.29, 1.82) is 0 Å². The highest BCUT2D eigenvalue weighted by Gasteiger charge is 2.84. The predicted octanol–water partition coefficient (Wildman–Crippen LogP) is 14.2. The zero-order valence-electron chi connectivity index (χ0n) is 32.8. The highest BCUT2D eigenvalue weighted by atomic mass is 15.1. The minimum Gasteiger partial charge on any atom is -0.310 e. The third kappa shape index (κ3) is 4.05. The second-order valence-electron chi connectivity index (χ2n) is 19.6. The molecule has 55 heavy (non-hydrogen) atoms. The van der Waals surface area contributed by atoms with E-state index in [9.17, 15) is 0 Å². The van der Waals surface area contributed by atoms with Gasteiger partial charge in [-0.05, 0) is 164 Å². The van der Waals surface area contributed by atoms with Crippen LogP contribution in [0, 0.1) is 29.1 Å². The van der Waals surface area contributed by atoms with Gasteiger partial charge in [0.25, 0.3) is 0 Å². The van der Waals surface area contributed by atoms with E-state index in [-0.39, 0.29) is 16.2 Å². The van der Waals surface area contributed by atoms with Crippen molar-refractivity contribution in [2.24, 2.45) is 29.1 Å². The molecule has 6 aromatic carbocycles. The van der Waals surface area contributed by atoms with E-state index in [1.54, 1.807) is 11.1 Å². The van der Waals surface area contributed by atoms with Crippen LogP contribution in [-0.2, 0) is 16.2 Å². The fourth-order valence-electron chi connectivity index (χ4n) is 14.2. The van der Waals surface area contributed by atoms with Crippen LogP contribution in [0.2, 0.25) is 0 Å². The van der Waals surface area contributed by atoms with E-state index >= 15 is 0 Å². The largest absolute Gasteiger partial charge is 0.310 e. The van der Waals surface area contributed by atoms with Crippen molar-refractivity contribution in [2.75, 3.05) is 4.90 Å². The van der Waals surface area contributed by atoms with Crippen LogP contribution in [0.5, 0.6) is 0 Å². The fraction of sp³-hybridized carbons (Fsp3) is 0.333. The van der Waals surface area contributed by atoms with Gasteiger partial charge in [-0.1, -0.05) is 137 Å². The molecule has 0 heterocycles. The first-order valence-corrected chi connectivity index (χ1v) is 21.2. The molecular formula is C54H51N. The maximum absolute atomic E-state index is 2.55. The first-order valence-electron chi connectivity index (χ1n) is 21.2. The zero-order valence-corrected chi connectivity index (χ0v) is 32.8. The number of rotatable bonds is 5. The molecule has 272 valence electrons. The van der Waals surface area contributed by atoms with Crippen LogP contribution in [0.4, 0.5) is 17.1 Å². The molecule has 1 heteroatoms. The molecular weight excluding hydrogens is 663 g/mol. The number of nitrogens with zero attached hydrogens (tertiary/aromatic N) is 1. The van der Waals surface area contributed by atoms with Crippen LogP contribution in [0.25, 0.3) is 33.4 Å². The van der Waals surface area contributed by atoms with Crippen LogP contribution >= 0.6 is 0 Å². The standard InChI is InChI=1S/C54H51N/c1-51(2)28-29-52(3,4)50-45(51)18-11-19-46(50)55(39-24-20-36(21-25-39)35-12-6-5-7-13-35)40-26-22-37(23-27-40)41-15-10-16-43-42-14-8-9-17-44(42)54(49(41)43)47-31-34-30-38-32-48(54)53(38,47)33-34/h5-27,34,38,47-48H,28-33H2,1-4H3. The lowest BCUT2D eigenvalue weighted by Crippen LogP contribution is -2.73. The van der Waals surface area contributed by atoms with Gasteiger partial charge >= 0.3 is 0 Å². The molecule has 6 aliphatic carbocycles. The highest BCUT2D eigenvalue weighted by molar-refractivity contribution is 5.91. The Labute approximate surface area is 327 Å². The van der Waals surface area contributed by atoms with Crippen molar-refractivity contribution in [3.05, 3.63) is 162 Å². The molecule has 1 nitrogen and oxygen atoms in total. The quantitative estimate of drug-likeness (QED) is 0.172. The molecule has 0 amide bonds. The fourth-order valence-corrected chi connectivity index (χ4v) is 14.2. The van der Waals surface area contributed by atoms with Crippen LogP contribution in [0.3, 0.4) is 0 Å². The van der Waals surface area contributed by atoms with Crippen LogP contribution < -0.4 is 4.90 Å². The second kappa shape index (κ2) is 10.9. The van der Waals surface area contributed by atoms with Gasteiger partial charge in [0.05, 0.1) is 5.69 Å². The van der Waals surface area contributed by atoms with Crippen molar-refractivity contribution in [3.63, 3.8) is 0 Å². The molecule has 4 fully saturated rings. The first kappa shape index (κ1) is 32.4. The summed E-state index contributed by atoms with van der Waals surface area (Å²) in [6.07, 6.45) is 8.25. The van der Waals surface area contributed by atoms with E-state index in [2.05, 4.69) is 172 Å². The molecule has 0 aromatic heterocycles. The summed E-state index contributed by atoms with van der Waals surface area (Å²) in [6, 6.07) is 53.5. The van der Waals surface area contributed by atoms with Gasteiger partial charge in [-0.3, -0.25) is 0 Å². The molecule has 12 rings (SSSR count). The number of fused-ring (bicyclic) bond motifs is 9. The Kier molecular flexibility index (Phi) is 6.42. The topological polar surface area (TPSA) is 3.24 Å². The lowest BCUT2D eigenvalue weighted by atomic mass is 9.26. The van der Waals surface area contributed by atoms with Gasteiger partial charge in [-0.15, -0.1) is 0 Å². The molecule has 0 N–H and O–H groups in total. The lowest BCUT2D eigenvalue weighted by Gasteiger charge is -2.76. The van der Waals surface area contributed by atoms with Crippen LogP contribution in [0.15, 0.2) is 140 Å². The number of hydrogen-bond donors (Lipinski definition) is 0. The molecule has 6 aliphatic rings. The van der Waals surface area contributed by atoms with Gasteiger partial charge in [0.2, 0.25) is 0 Å². The van der Waals surface area contributed by atoms with Crippen molar-refractivity contribution < 1.29 is 0 Å². The highest BCUT2D eigenvalue weighted by Crippen LogP contribution is 2.90. The Morgan fingerprint density at radius 3 is 1.84 bits per heavy atom. The summed E-state index contributed by atoms with van der Waals surface area (Å²) in [7, 11) is 0. The maximum atomic E-state index is 2.55. The molecule has 2 spiro atoms. The van der Waals surface area contributed by atoms with E-state index < -0.39 is 0 Å². The minimum atomic E-state index is 0.0673. The Morgan fingerprint density at radius 1 is 0.473 bits per heavy atom. The van der Waals surface area contributed by atoms with E-state index in [1.165, 1.54) is 100 Å². The number of hydrogen-bond acceptors (Lipinski definition) is 1. The summed E-state index contributed by atoms with van der Waals surface area (Å²) in [5.41, 5.74) is 19.3. The molecule has 2 bridgehead atoms. The SMILES string of the molecule is CC1(C)CCC(C)(C)c2c(N(c3ccc(-c4ccccc4)cc3)c3ccc(-c4cccc5c4C4(c6ccccc6-5)C5CC6CC7CC4C75C6)cc3)cccc21. The van der Waals surface area contributed by atoms with Crippen LogP contribution in [0.1, 0.15) is 88.5 Å². The summed E-state index contributed by atoms with van der Waals surface area (Å²) >= 11 is 0. The molecule has 6 atom stereocenters. The number of anilines is 3. The Hall–Kier alpha value is -4.88. The van der Waals surface area contributed by atoms with Gasteiger partial charge in [0, 0.05) is 16.8 Å². The maximum Gasteiger partial charge on any atom is 0.0502 e. The monoisotopic (exact) mass is 713 g/mol. The second-order valence-corrected chi connectivity index (χ2v) is 19.6. The average molecular weight is 714 g/mol. The van der Waals surface area contributed by atoms with Gasteiger partial charge in [-0.2, -0.15) is 0 Å². The first-order chi connectivity index (χ1) is 26.7. The van der Waals surface area contributed by atoms with Crippen molar-refractivity contribution >= 4 is 17.1 Å². The third-order valence-corrected chi connectivity index (χ3v) is 16.4. The van der Waals surface area contributed by atoms with Crippen molar-refractivity contribution in [1.82, 2.24) is 0 Å². The normalized spacial score (nSPS) is 29.1. The molecule has 6 aromatic rings. The third-order valence-electron chi connectivity index (χ3n) is 16.4. The van der Waals surface area contributed by atoms with E-state index in [0.717, 1.165) is 23.7 Å². The smallest absolute Gasteiger partial charge is 0.0502 e. The Balaban J connectivity index is 1.00. The van der Waals surface area contributed by atoms with Crippen molar-refractivity contribution in [3.8, 4) is 33.4 Å². The molecule has 6 unspecified atom stereocenters. The predicted molar refractivity (Wildman–Crippen MR) is 228 cm³/mol.